The number of benzene rings is 1. The highest BCUT2D eigenvalue weighted by Gasteiger charge is 2.42. The molecule has 152 valence electrons. The molecule has 1 aliphatic heterocycles. The summed E-state index contributed by atoms with van der Waals surface area (Å²) in [6.45, 7) is 2.10. The second-order valence-corrected chi connectivity index (χ2v) is 8.50. The van der Waals surface area contributed by atoms with E-state index in [0.717, 1.165) is 17.2 Å². The van der Waals surface area contributed by atoms with Crippen LogP contribution in [-0.2, 0) is 4.79 Å². The quantitative estimate of drug-likeness (QED) is 0.681. The molecule has 6 nitrogen and oxygen atoms in total. The van der Waals surface area contributed by atoms with E-state index in [4.69, 9.17) is 21.7 Å². The van der Waals surface area contributed by atoms with Crippen molar-refractivity contribution in [3.63, 3.8) is 0 Å². The lowest BCUT2D eigenvalue weighted by atomic mass is 9.87. The van der Waals surface area contributed by atoms with Gasteiger partial charge in [0, 0.05) is 37.2 Å². The van der Waals surface area contributed by atoms with Crippen molar-refractivity contribution < 1.29 is 14.3 Å². The van der Waals surface area contributed by atoms with E-state index in [9.17, 15) is 4.79 Å². The highest BCUT2D eigenvalue weighted by Crippen LogP contribution is 2.42. The first-order chi connectivity index (χ1) is 13.6. The molecule has 1 saturated heterocycles. The highest BCUT2D eigenvalue weighted by atomic mass is 32.1. The number of carbonyl (C=O) groups excluding carboxylic acids is 1. The summed E-state index contributed by atoms with van der Waals surface area (Å²) in [5.41, 5.74) is 1.00. The number of hydrogen-bond donors (Lipinski definition) is 2. The molecule has 1 aromatic carbocycles. The molecule has 1 heterocycles. The summed E-state index contributed by atoms with van der Waals surface area (Å²) < 4.78 is 11.1. The van der Waals surface area contributed by atoms with Crippen molar-refractivity contribution in [2.45, 2.75) is 37.6 Å². The van der Waals surface area contributed by atoms with Crippen LogP contribution in [0.4, 0.5) is 0 Å². The first-order valence-corrected chi connectivity index (χ1v) is 10.6. The van der Waals surface area contributed by atoms with Crippen molar-refractivity contribution in [2.24, 2.45) is 11.8 Å². The summed E-state index contributed by atoms with van der Waals surface area (Å²) in [5.74, 6) is 2.00. The van der Waals surface area contributed by atoms with Gasteiger partial charge in [0.2, 0.25) is 5.91 Å². The molecule has 0 bridgehead atoms. The molecular formula is C21H29N3O3S. The Bertz CT molecular complexity index is 748. The Morgan fingerprint density at radius 2 is 1.96 bits per heavy atom. The number of likely N-dealkylation sites (tertiary alicyclic amines) is 1. The Balaban J connectivity index is 1.57. The fourth-order valence-corrected chi connectivity index (χ4v) is 4.26. The monoisotopic (exact) mass is 403 g/mol. The van der Waals surface area contributed by atoms with Crippen LogP contribution in [0.3, 0.4) is 0 Å². The Labute approximate surface area is 171 Å². The molecule has 1 amide bonds. The number of carbonyl (C=O) groups is 1. The van der Waals surface area contributed by atoms with Crippen molar-refractivity contribution in [3.05, 3.63) is 23.8 Å². The van der Waals surface area contributed by atoms with Crippen LogP contribution in [0.15, 0.2) is 18.2 Å². The van der Waals surface area contributed by atoms with Gasteiger partial charge in [-0.3, -0.25) is 4.79 Å². The molecule has 2 N–H and O–H groups in total. The Hall–Kier alpha value is -2.02. The fraction of sp³-hybridized carbons (Fsp3) is 0.619. The molecule has 28 heavy (non-hydrogen) atoms. The number of amides is 1. The molecule has 0 radical (unpaired) electrons. The second-order valence-electron chi connectivity index (χ2n) is 8.11. The van der Waals surface area contributed by atoms with Gasteiger partial charge in [0.25, 0.3) is 0 Å². The molecule has 4 rings (SSSR count). The maximum absolute atomic E-state index is 13.0. The third kappa shape index (κ3) is 4.19. The van der Waals surface area contributed by atoms with Gasteiger partial charge < -0.3 is 25.0 Å². The van der Waals surface area contributed by atoms with Crippen LogP contribution in [0.2, 0.25) is 0 Å². The van der Waals surface area contributed by atoms with E-state index in [1.807, 2.05) is 18.2 Å². The number of rotatable bonds is 7. The van der Waals surface area contributed by atoms with Gasteiger partial charge in [0.15, 0.2) is 16.6 Å². The zero-order chi connectivity index (χ0) is 19.7. The van der Waals surface area contributed by atoms with Gasteiger partial charge in [-0.05, 0) is 49.9 Å². The van der Waals surface area contributed by atoms with E-state index in [-0.39, 0.29) is 17.7 Å². The van der Waals surface area contributed by atoms with E-state index < -0.39 is 0 Å². The van der Waals surface area contributed by atoms with E-state index in [1.54, 1.807) is 14.2 Å². The summed E-state index contributed by atoms with van der Waals surface area (Å²) in [6.07, 6.45) is 4.79. The molecule has 2 atom stereocenters. The lowest BCUT2D eigenvalue weighted by Crippen LogP contribution is -2.40. The maximum Gasteiger partial charge on any atom is 0.225 e. The van der Waals surface area contributed by atoms with Crippen molar-refractivity contribution in [1.82, 2.24) is 15.5 Å². The van der Waals surface area contributed by atoms with Gasteiger partial charge in [-0.25, -0.2) is 0 Å². The number of para-hydroxylation sites is 1. The zero-order valence-corrected chi connectivity index (χ0v) is 17.4. The van der Waals surface area contributed by atoms with Crippen LogP contribution >= 0.6 is 12.2 Å². The molecule has 3 fully saturated rings. The van der Waals surface area contributed by atoms with Gasteiger partial charge in [-0.1, -0.05) is 12.1 Å². The number of methoxy groups -OCH3 is 2. The number of nitrogens with one attached hydrogen (secondary N) is 2. The Morgan fingerprint density at radius 1 is 1.18 bits per heavy atom. The third-order valence-electron chi connectivity index (χ3n) is 5.94. The van der Waals surface area contributed by atoms with E-state index in [1.165, 1.54) is 25.7 Å². The van der Waals surface area contributed by atoms with E-state index in [0.29, 0.717) is 36.5 Å². The standard InChI is InChI=1S/C21H29N3O3S/c1-26-18-5-3-4-15(19(18)27-2)16-11-24(21(28)23-14-8-9-14)12-17(16)20(25)22-10-13-6-7-13/h3-5,13-14,16-17H,6-12H2,1-2H3,(H,22,25)(H,23,28). The van der Waals surface area contributed by atoms with Gasteiger partial charge >= 0.3 is 0 Å². The molecular weight excluding hydrogens is 374 g/mol. The predicted octanol–water partition coefficient (Wildman–Crippen LogP) is 2.28. The summed E-state index contributed by atoms with van der Waals surface area (Å²) in [7, 11) is 3.28. The minimum Gasteiger partial charge on any atom is -0.493 e. The van der Waals surface area contributed by atoms with Crippen LogP contribution < -0.4 is 20.1 Å². The molecule has 2 aliphatic carbocycles. The molecule has 3 aliphatic rings. The zero-order valence-electron chi connectivity index (χ0n) is 16.6. The molecule has 2 unspecified atom stereocenters. The minimum absolute atomic E-state index is 0.00297. The molecule has 7 heteroatoms. The van der Waals surface area contributed by atoms with Crippen LogP contribution in [0.5, 0.6) is 11.5 Å². The average Bonchev–Trinajstić information content (AvgIpc) is 3.64. The summed E-state index contributed by atoms with van der Waals surface area (Å²) in [4.78, 5) is 15.2. The smallest absolute Gasteiger partial charge is 0.225 e. The molecule has 2 saturated carbocycles. The van der Waals surface area contributed by atoms with Gasteiger partial charge in [0.05, 0.1) is 20.1 Å². The average molecular weight is 404 g/mol. The highest BCUT2D eigenvalue weighted by molar-refractivity contribution is 7.80. The van der Waals surface area contributed by atoms with Crippen molar-refractivity contribution >= 4 is 23.2 Å². The van der Waals surface area contributed by atoms with Crippen LogP contribution in [0, 0.1) is 11.8 Å². The summed E-state index contributed by atoms with van der Waals surface area (Å²) in [6, 6.07) is 6.38. The van der Waals surface area contributed by atoms with Crippen LogP contribution in [0.25, 0.3) is 0 Å². The Kier molecular flexibility index (Phi) is 5.62. The van der Waals surface area contributed by atoms with E-state index >= 15 is 0 Å². The Morgan fingerprint density at radius 3 is 2.61 bits per heavy atom. The first-order valence-electron chi connectivity index (χ1n) is 10.1. The SMILES string of the molecule is COc1cccc(C2CN(C(=S)NC3CC3)CC2C(=O)NCC2CC2)c1OC. The van der Waals surface area contributed by atoms with Crippen molar-refractivity contribution in [1.29, 1.82) is 0 Å². The normalized spacial score (nSPS) is 24.0. The molecule has 0 aromatic heterocycles. The lowest BCUT2D eigenvalue weighted by molar-refractivity contribution is -0.125. The number of ether oxygens (including phenoxy) is 2. The van der Waals surface area contributed by atoms with Gasteiger partial charge in [-0.2, -0.15) is 0 Å². The predicted molar refractivity (Wildman–Crippen MR) is 112 cm³/mol. The lowest BCUT2D eigenvalue weighted by Gasteiger charge is -2.22. The number of nitrogens with zero attached hydrogens (tertiary/aromatic N) is 1. The minimum atomic E-state index is -0.168. The van der Waals surface area contributed by atoms with Crippen LogP contribution in [0.1, 0.15) is 37.2 Å². The number of thiocarbonyl (C=S) groups is 1. The fourth-order valence-electron chi connectivity index (χ4n) is 3.95. The third-order valence-corrected chi connectivity index (χ3v) is 6.32. The largest absolute Gasteiger partial charge is 0.493 e. The van der Waals surface area contributed by atoms with Gasteiger partial charge in [0.1, 0.15) is 0 Å². The van der Waals surface area contributed by atoms with Crippen molar-refractivity contribution in [3.8, 4) is 11.5 Å². The van der Waals surface area contributed by atoms with Crippen molar-refractivity contribution in [2.75, 3.05) is 33.9 Å². The summed E-state index contributed by atoms with van der Waals surface area (Å²) >= 11 is 5.63. The summed E-state index contributed by atoms with van der Waals surface area (Å²) in [5, 5.41) is 7.33. The maximum atomic E-state index is 13.0. The van der Waals surface area contributed by atoms with Gasteiger partial charge in [-0.15, -0.1) is 0 Å². The topological polar surface area (TPSA) is 62.8 Å². The van der Waals surface area contributed by atoms with Crippen LogP contribution in [-0.4, -0.2) is 55.8 Å². The molecule has 1 aromatic rings. The van der Waals surface area contributed by atoms with E-state index in [2.05, 4.69) is 15.5 Å². The molecule has 0 spiro atoms. The first kappa shape index (κ1) is 19.3. The number of hydrogen-bond acceptors (Lipinski definition) is 4. The second kappa shape index (κ2) is 8.15.